The van der Waals surface area contributed by atoms with Gasteiger partial charge in [-0.1, -0.05) is 11.6 Å². The number of anilines is 1. The summed E-state index contributed by atoms with van der Waals surface area (Å²) in [6.45, 7) is 3.09. The fraction of sp³-hybridized carbons (Fsp3) is 0.308. The molecule has 18 heteroatoms. The Balaban J connectivity index is 1.71. The van der Waals surface area contributed by atoms with Gasteiger partial charge in [0.25, 0.3) is 11.8 Å². The van der Waals surface area contributed by atoms with Gasteiger partial charge in [-0.05, 0) is 78.6 Å². The van der Waals surface area contributed by atoms with Crippen molar-refractivity contribution in [1.29, 1.82) is 0 Å². The standard InChI is InChI=1S/C26H23ClF5IN8O2S/c1-13-7-15(33)8-17(23(42)36-14(2)12-44-3)21(13)37-24(43)19-9-16(38-41(19)22-18(27)5-4-6-34-22)11-40-35-10-20(39-40)25(28,29)26(30,31)32/h4-10,14H,11-12H2,1-3H3,(H,36,42)(H,37,43)/t14-/m0/s1. The maximum absolute atomic E-state index is 13.8. The van der Waals surface area contributed by atoms with Gasteiger partial charge < -0.3 is 10.6 Å². The summed E-state index contributed by atoms with van der Waals surface area (Å²) < 4.78 is 67.7. The minimum absolute atomic E-state index is 0.0116. The lowest BCUT2D eigenvalue weighted by Crippen LogP contribution is -2.35. The Morgan fingerprint density at radius 1 is 1.14 bits per heavy atom. The average Bonchev–Trinajstić information content (AvgIpc) is 3.57. The minimum atomic E-state index is -5.87. The first-order valence-corrected chi connectivity index (χ1v) is 15.4. The van der Waals surface area contributed by atoms with Crippen LogP contribution in [0.5, 0.6) is 0 Å². The van der Waals surface area contributed by atoms with E-state index in [1.54, 1.807) is 36.9 Å². The summed E-state index contributed by atoms with van der Waals surface area (Å²) in [5.74, 6) is -5.66. The number of benzene rings is 1. The molecule has 3 heterocycles. The number of nitrogens with zero attached hydrogens (tertiary/aromatic N) is 6. The van der Waals surface area contributed by atoms with Crippen LogP contribution in [0.3, 0.4) is 0 Å². The second kappa shape index (κ2) is 13.4. The molecule has 2 amide bonds. The van der Waals surface area contributed by atoms with E-state index in [2.05, 4.69) is 53.5 Å². The fourth-order valence-electron chi connectivity index (χ4n) is 4.03. The molecule has 1 atom stereocenters. The zero-order chi connectivity index (χ0) is 32.4. The van der Waals surface area contributed by atoms with Crippen molar-refractivity contribution in [3.05, 3.63) is 79.5 Å². The molecule has 0 bridgehead atoms. The van der Waals surface area contributed by atoms with Gasteiger partial charge in [-0.3, -0.25) is 9.59 Å². The van der Waals surface area contributed by atoms with E-state index in [1.807, 2.05) is 13.2 Å². The highest BCUT2D eigenvalue weighted by Gasteiger charge is 2.60. The number of aromatic nitrogens is 6. The molecule has 10 nitrogen and oxygen atoms in total. The summed E-state index contributed by atoms with van der Waals surface area (Å²) in [6, 6.07) is 7.54. The van der Waals surface area contributed by atoms with Crippen molar-refractivity contribution in [2.75, 3.05) is 17.3 Å². The highest BCUT2D eigenvalue weighted by atomic mass is 127. The summed E-state index contributed by atoms with van der Waals surface area (Å²) in [5, 5.41) is 16.8. The van der Waals surface area contributed by atoms with Crippen LogP contribution in [-0.2, 0) is 12.5 Å². The first-order chi connectivity index (χ1) is 20.6. The van der Waals surface area contributed by atoms with Crippen molar-refractivity contribution in [2.24, 2.45) is 0 Å². The molecule has 0 radical (unpaired) electrons. The molecule has 0 fully saturated rings. The number of hydrogen-bond donors (Lipinski definition) is 2. The third-order valence-electron chi connectivity index (χ3n) is 6.03. The van der Waals surface area contributed by atoms with Gasteiger partial charge in [-0.2, -0.15) is 53.8 Å². The van der Waals surface area contributed by atoms with Gasteiger partial charge in [-0.15, -0.1) is 0 Å². The lowest BCUT2D eigenvalue weighted by Gasteiger charge is -2.18. The monoisotopic (exact) mass is 768 g/mol. The predicted octanol–water partition coefficient (Wildman–Crippen LogP) is 5.86. The summed E-state index contributed by atoms with van der Waals surface area (Å²) >= 11 is 9.94. The van der Waals surface area contributed by atoms with Crippen molar-refractivity contribution in [2.45, 2.75) is 38.5 Å². The second-order valence-corrected chi connectivity index (χ2v) is 12.1. The van der Waals surface area contributed by atoms with Gasteiger partial charge in [0.2, 0.25) is 0 Å². The van der Waals surface area contributed by atoms with E-state index in [0.29, 0.717) is 22.3 Å². The lowest BCUT2D eigenvalue weighted by atomic mass is 10.1. The van der Waals surface area contributed by atoms with E-state index in [9.17, 15) is 31.5 Å². The molecule has 0 spiro atoms. The number of hydrogen-bond acceptors (Lipinski definition) is 7. The summed E-state index contributed by atoms with van der Waals surface area (Å²) in [5.41, 5.74) is -0.669. The number of amides is 2. The Bertz CT molecular complexity index is 1700. The molecule has 44 heavy (non-hydrogen) atoms. The Morgan fingerprint density at radius 3 is 2.52 bits per heavy atom. The van der Waals surface area contributed by atoms with Gasteiger partial charge >= 0.3 is 12.1 Å². The molecule has 2 N–H and O–H groups in total. The highest BCUT2D eigenvalue weighted by molar-refractivity contribution is 14.1. The van der Waals surface area contributed by atoms with E-state index in [1.165, 1.54) is 18.3 Å². The quantitative estimate of drug-likeness (QED) is 0.153. The first kappa shape index (κ1) is 33.6. The van der Waals surface area contributed by atoms with E-state index in [-0.39, 0.29) is 39.5 Å². The third kappa shape index (κ3) is 7.31. The number of alkyl halides is 5. The second-order valence-electron chi connectivity index (χ2n) is 9.50. The van der Waals surface area contributed by atoms with Crippen LogP contribution in [0, 0.1) is 10.5 Å². The SMILES string of the molecule is CSC[C@H](C)NC(=O)c1cc(I)cc(C)c1NC(=O)c1cc(Cn2ncc(C(F)(F)C(F)(F)F)n2)nn1-c1ncccc1Cl. The average molecular weight is 769 g/mol. The Morgan fingerprint density at radius 2 is 1.86 bits per heavy atom. The Labute approximate surface area is 270 Å². The van der Waals surface area contributed by atoms with E-state index in [4.69, 9.17) is 11.6 Å². The number of nitrogens with one attached hydrogen (secondary N) is 2. The molecule has 3 aromatic heterocycles. The van der Waals surface area contributed by atoms with Crippen LogP contribution in [0.25, 0.3) is 5.82 Å². The van der Waals surface area contributed by atoms with Crippen molar-refractivity contribution in [3.63, 3.8) is 0 Å². The molecule has 234 valence electrons. The summed E-state index contributed by atoms with van der Waals surface area (Å²) in [4.78, 5) is 31.7. The van der Waals surface area contributed by atoms with Crippen molar-refractivity contribution < 1.29 is 31.5 Å². The van der Waals surface area contributed by atoms with Crippen LogP contribution < -0.4 is 10.6 Å². The molecule has 0 saturated carbocycles. The molecule has 0 aliphatic carbocycles. The molecule has 1 aromatic carbocycles. The van der Waals surface area contributed by atoms with Crippen molar-refractivity contribution in [3.8, 4) is 5.82 Å². The van der Waals surface area contributed by atoms with Gasteiger partial charge in [0.15, 0.2) is 11.5 Å². The number of halogens is 7. The van der Waals surface area contributed by atoms with Gasteiger partial charge in [-0.25, -0.2) is 9.67 Å². The van der Waals surface area contributed by atoms with Crippen LogP contribution in [0.2, 0.25) is 5.02 Å². The fourth-order valence-corrected chi connectivity index (χ4v) is 5.59. The minimum Gasteiger partial charge on any atom is -0.349 e. The Hall–Kier alpha value is -3.32. The molecule has 0 aliphatic heterocycles. The van der Waals surface area contributed by atoms with E-state index >= 15 is 0 Å². The number of pyridine rings is 1. The van der Waals surface area contributed by atoms with Crippen molar-refractivity contribution >= 4 is 63.5 Å². The first-order valence-electron chi connectivity index (χ1n) is 12.6. The predicted molar refractivity (Wildman–Crippen MR) is 163 cm³/mol. The number of rotatable bonds is 10. The maximum Gasteiger partial charge on any atom is 0.459 e. The normalized spacial score (nSPS) is 12.7. The number of carbonyl (C=O) groups excluding carboxylic acids is 2. The number of aryl methyl sites for hydroxylation is 1. The summed E-state index contributed by atoms with van der Waals surface area (Å²) in [6.07, 6.45) is -2.26. The van der Waals surface area contributed by atoms with E-state index in [0.717, 1.165) is 8.25 Å². The third-order valence-corrected chi connectivity index (χ3v) is 7.78. The molecular weight excluding hydrogens is 746 g/mol. The zero-order valence-corrected chi connectivity index (χ0v) is 26.8. The molecule has 4 rings (SSSR count). The van der Waals surface area contributed by atoms with Gasteiger partial charge in [0.05, 0.1) is 28.2 Å². The largest absolute Gasteiger partial charge is 0.459 e. The molecule has 0 saturated heterocycles. The smallest absolute Gasteiger partial charge is 0.349 e. The molecule has 0 aliphatic rings. The lowest BCUT2D eigenvalue weighted by molar-refractivity contribution is -0.291. The zero-order valence-electron chi connectivity index (χ0n) is 23.1. The summed E-state index contributed by atoms with van der Waals surface area (Å²) in [7, 11) is 0. The van der Waals surface area contributed by atoms with E-state index < -0.39 is 36.2 Å². The maximum atomic E-state index is 13.8. The van der Waals surface area contributed by atoms with Crippen LogP contribution in [0.4, 0.5) is 27.6 Å². The molecule has 0 unspecified atom stereocenters. The topological polar surface area (TPSA) is 120 Å². The van der Waals surface area contributed by atoms with Crippen LogP contribution >= 0.6 is 46.0 Å². The molecule has 4 aromatic rings. The highest BCUT2D eigenvalue weighted by Crippen LogP contribution is 2.42. The van der Waals surface area contributed by atoms with Gasteiger partial charge in [0, 0.05) is 21.6 Å². The molecular formula is C26H23ClF5IN8O2S. The van der Waals surface area contributed by atoms with Crippen LogP contribution in [0.1, 0.15) is 44.7 Å². The Kier molecular flexibility index (Phi) is 10.2. The number of carbonyl (C=O) groups is 2. The van der Waals surface area contributed by atoms with Gasteiger partial charge in [0.1, 0.15) is 12.2 Å². The van der Waals surface area contributed by atoms with Crippen LogP contribution in [0.15, 0.2) is 42.7 Å². The van der Waals surface area contributed by atoms with Crippen LogP contribution in [-0.4, -0.2) is 65.8 Å². The van der Waals surface area contributed by atoms with Crippen molar-refractivity contribution in [1.82, 2.24) is 35.1 Å². The number of thioether (sulfide) groups is 1.